The van der Waals surface area contributed by atoms with Crippen LogP contribution in [0.4, 0.5) is 5.69 Å². The third-order valence-corrected chi connectivity index (χ3v) is 3.32. The Hall–Kier alpha value is -1.46. The Balaban J connectivity index is 1.84. The van der Waals surface area contributed by atoms with Gasteiger partial charge in [0, 0.05) is 44.4 Å². The molecule has 0 radical (unpaired) electrons. The van der Waals surface area contributed by atoms with Crippen LogP contribution in [0.1, 0.15) is 12.5 Å². The van der Waals surface area contributed by atoms with Crippen molar-refractivity contribution < 1.29 is 4.92 Å². The summed E-state index contributed by atoms with van der Waals surface area (Å²) in [5, 5.41) is 14.0. The summed E-state index contributed by atoms with van der Waals surface area (Å²) < 4.78 is 0. The number of non-ortho nitro benzene ring substituents is 1. The molecule has 0 amide bonds. The molecule has 1 aromatic carbocycles. The van der Waals surface area contributed by atoms with Crippen LogP contribution in [0.3, 0.4) is 0 Å². The largest absolute Gasteiger partial charge is 0.312 e. The Morgan fingerprint density at radius 1 is 1.44 bits per heavy atom. The lowest BCUT2D eigenvalue weighted by Gasteiger charge is -2.31. The standard InChI is InChI=1S/C13H19N3O2/c1-11-10-15(9-7-14-11)8-6-12-2-4-13(5-3-12)16(17)18/h2-5,11,14H,6-10H2,1H3/t11-/m1/s1. The Morgan fingerprint density at radius 3 is 2.78 bits per heavy atom. The molecule has 5 heteroatoms. The molecule has 1 atom stereocenters. The summed E-state index contributed by atoms with van der Waals surface area (Å²) in [6.45, 7) is 6.41. The fourth-order valence-electron chi connectivity index (χ4n) is 2.29. The third kappa shape index (κ3) is 3.51. The molecule has 0 bridgehead atoms. The van der Waals surface area contributed by atoms with Gasteiger partial charge in [0.25, 0.3) is 5.69 Å². The first kappa shape index (κ1) is 13.0. The number of nitrogens with one attached hydrogen (secondary N) is 1. The minimum absolute atomic E-state index is 0.162. The highest BCUT2D eigenvalue weighted by Crippen LogP contribution is 2.12. The fourth-order valence-corrected chi connectivity index (χ4v) is 2.29. The molecule has 0 spiro atoms. The smallest absolute Gasteiger partial charge is 0.269 e. The van der Waals surface area contributed by atoms with Crippen LogP contribution < -0.4 is 5.32 Å². The summed E-state index contributed by atoms with van der Waals surface area (Å²) in [4.78, 5) is 12.6. The van der Waals surface area contributed by atoms with Gasteiger partial charge in [0.05, 0.1) is 4.92 Å². The van der Waals surface area contributed by atoms with Crippen molar-refractivity contribution >= 4 is 5.69 Å². The van der Waals surface area contributed by atoms with Crippen LogP contribution in [0.5, 0.6) is 0 Å². The zero-order chi connectivity index (χ0) is 13.0. The molecule has 1 aliphatic heterocycles. The van der Waals surface area contributed by atoms with E-state index in [2.05, 4.69) is 17.1 Å². The van der Waals surface area contributed by atoms with E-state index in [0.717, 1.165) is 38.2 Å². The summed E-state index contributed by atoms with van der Waals surface area (Å²) in [6, 6.07) is 7.41. The quantitative estimate of drug-likeness (QED) is 0.648. The summed E-state index contributed by atoms with van der Waals surface area (Å²) in [6.07, 6.45) is 0.949. The first-order valence-corrected chi connectivity index (χ1v) is 6.34. The molecular weight excluding hydrogens is 230 g/mol. The van der Waals surface area contributed by atoms with Crippen LogP contribution in [0.25, 0.3) is 0 Å². The summed E-state index contributed by atoms with van der Waals surface area (Å²) in [7, 11) is 0. The van der Waals surface area contributed by atoms with E-state index in [9.17, 15) is 10.1 Å². The van der Waals surface area contributed by atoms with Crippen molar-refractivity contribution in [2.45, 2.75) is 19.4 Å². The van der Waals surface area contributed by atoms with Crippen LogP contribution in [0.15, 0.2) is 24.3 Å². The highest BCUT2D eigenvalue weighted by molar-refractivity contribution is 5.32. The van der Waals surface area contributed by atoms with Crippen molar-refractivity contribution in [3.8, 4) is 0 Å². The summed E-state index contributed by atoms with van der Waals surface area (Å²) in [5.41, 5.74) is 1.32. The molecule has 18 heavy (non-hydrogen) atoms. The Morgan fingerprint density at radius 2 is 2.17 bits per heavy atom. The van der Waals surface area contributed by atoms with E-state index in [0.29, 0.717) is 6.04 Å². The normalized spacial score (nSPS) is 20.8. The molecule has 0 unspecified atom stereocenters. The highest BCUT2D eigenvalue weighted by atomic mass is 16.6. The Kier molecular flexibility index (Phi) is 4.28. The van der Waals surface area contributed by atoms with E-state index in [1.165, 1.54) is 0 Å². The summed E-state index contributed by atoms with van der Waals surface area (Å²) >= 11 is 0. The first-order chi connectivity index (χ1) is 8.65. The third-order valence-electron chi connectivity index (χ3n) is 3.32. The van der Waals surface area contributed by atoms with Gasteiger partial charge in [-0.2, -0.15) is 0 Å². The van der Waals surface area contributed by atoms with E-state index in [1.54, 1.807) is 12.1 Å². The predicted octanol–water partition coefficient (Wildman–Crippen LogP) is 1.43. The highest BCUT2D eigenvalue weighted by Gasteiger charge is 2.14. The number of piperazine rings is 1. The predicted molar refractivity (Wildman–Crippen MR) is 70.7 cm³/mol. The second-order valence-corrected chi connectivity index (χ2v) is 4.83. The SMILES string of the molecule is C[C@@H]1CN(CCc2ccc([N+](=O)[O-])cc2)CCN1. The molecule has 5 nitrogen and oxygen atoms in total. The van der Waals surface area contributed by atoms with Crippen LogP contribution in [-0.2, 0) is 6.42 Å². The molecule has 0 saturated carbocycles. The topological polar surface area (TPSA) is 58.4 Å². The van der Waals surface area contributed by atoms with Crippen molar-refractivity contribution in [1.29, 1.82) is 0 Å². The Bertz CT molecular complexity index is 405. The first-order valence-electron chi connectivity index (χ1n) is 6.34. The van der Waals surface area contributed by atoms with Gasteiger partial charge < -0.3 is 10.2 Å². The number of rotatable bonds is 4. The van der Waals surface area contributed by atoms with Crippen molar-refractivity contribution in [2.75, 3.05) is 26.2 Å². The van der Waals surface area contributed by atoms with Gasteiger partial charge in [-0.05, 0) is 18.9 Å². The van der Waals surface area contributed by atoms with E-state index in [4.69, 9.17) is 0 Å². The molecule has 2 rings (SSSR count). The number of hydrogen-bond donors (Lipinski definition) is 1. The molecule has 1 fully saturated rings. The molecule has 1 aromatic rings. The van der Waals surface area contributed by atoms with Gasteiger partial charge in [-0.3, -0.25) is 10.1 Å². The second-order valence-electron chi connectivity index (χ2n) is 4.83. The van der Waals surface area contributed by atoms with Gasteiger partial charge in [0.1, 0.15) is 0 Å². The molecule has 0 aliphatic carbocycles. The number of nitro benzene ring substituents is 1. The number of benzene rings is 1. The molecule has 1 heterocycles. The van der Waals surface area contributed by atoms with E-state index < -0.39 is 0 Å². The molecule has 1 N–H and O–H groups in total. The van der Waals surface area contributed by atoms with Crippen LogP contribution in [0, 0.1) is 10.1 Å². The van der Waals surface area contributed by atoms with Gasteiger partial charge in [-0.1, -0.05) is 12.1 Å². The number of nitro groups is 1. The van der Waals surface area contributed by atoms with E-state index in [1.807, 2.05) is 12.1 Å². The minimum atomic E-state index is -0.359. The van der Waals surface area contributed by atoms with E-state index >= 15 is 0 Å². The molecular formula is C13H19N3O2. The zero-order valence-corrected chi connectivity index (χ0v) is 10.6. The number of hydrogen-bond acceptors (Lipinski definition) is 4. The van der Waals surface area contributed by atoms with Gasteiger partial charge in [-0.15, -0.1) is 0 Å². The Labute approximate surface area is 107 Å². The molecule has 0 aromatic heterocycles. The van der Waals surface area contributed by atoms with Crippen molar-refractivity contribution in [3.05, 3.63) is 39.9 Å². The second kappa shape index (κ2) is 5.93. The van der Waals surface area contributed by atoms with Crippen molar-refractivity contribution in [3.63, 3.8) is 0 Å². The maximum atomic E-state index is 10.5. The van der Waals surface area contributed by atoms with Crippen LogP contribution >= 0.6 is 0 Å². The maximum absolute atomic E-state index is 10.5. The van der Waals surface area contributed by atoms with Crippen molar-refractivity contribution in [1.82, 2.24) is 10.2 Å². The van der Waals surface area contributed by atoms with E-state index in [-0.39, 0.29) is 10.6 Å². The zero-order valence-electron chi connectivity index (χ0n) is 10.6. The molecule has 1 saturated heterocycles. The molecule has 98 valence electrons. The van der Waals surface area contributed by atoms with Gasteiger partial charge >= 0.3 is 0 Å². The molecule has 1 aliphatic rings. The van der Waals surface area contributed by atoms with Gasteiger partial charge in [0.2, 0.25) is 0 Å². The van der Waals surface area contributed by atoms with Gasteiger partial charge in [0.15, 0.2) is 0 Å². The average molecular weight is 249 g/mol. The van der Waals surface area contributed by atoms with Crippen molar-refractivity contribution in [2.24, 2.45) is 0 Å². The minimum Gasteiger partial charge on any atom is -0.312 e. The lowest BCUT2D eigenvalue weighted by atomic mass is 10.1. The maximum Gasteiger partial charge on any atom is 0.269 e. The summed E-state index contributed by atoms with van der Waals surface area (Å²) in [5.74, 6) is 0. The van der Waals surface area contributed by atoms with Crippen LogP contribution in [-0.4, -0.2) is 42.0 Å². The number of nitrogens with zero attached hydrogens (tertiary/aromatic N) is 2. The van der Waals surface area contributed by atoms with Gasteiger partial charge in [-0.25, -0.2) is 0 Å². The fraction of sp³-hybridized carbons (Fsp3) is 0.538. The average Bonchev–Trinajstić information content (AvgIpc) is 2.37. The lowest BCUT2D eigenvalue weighted by molar-refractivity contribution is -0.384. The van der Waals surface area contributed by atoms with Crippen LogP contribution in [0.2, 0.25) is 0 Å². The lowest BCUT2D eigenvalue weighted by Crippen LogP contribution is -2.49. The monoisotopic (exact) mass is 249 g/mol.